The standard InChI is InChI=1S/C10H9NO2S/c1-7(10(12)13)11-6-14-9-5-3-2-4-8(9)11/h2-7H,1H3/p+1. The number of aromatic nitrogens is 1. The second-order valence-electron chi connectivity index (χ2n) is 3.11. The second kappa shape index (κ2) is 3.38. The smallest absolute Gasteiger partial charge is 0.373 e. The molecule has 1 heterocycles. The van der Waals surface area contributed by atoms with Crippen LogP contribution >= 0.6 is 11.3 Å². The van der Waals surface area contributed by atoms with E-state index in [1.165, 1.54) is 0 Å². The molecule has 0 saturated carbocycles. The third kappa shape index (κ3) is 1.37. The highest BCUT2D eigenvalue weighted by atomic mass is 32.1. The van der Waals surface area contributed by atoms with E-state index in [4.69, 9.17) is 5.11 Å². The number of hydrogen-bond donors (Lipinski definition) is 1. The monoisotopic (exact) mass is 208 g/mol. The number of nitrogens with zero attached hydrogens (tertiary/aromatic N) is 1. The summed E-state index contributed by atoms with van der Waals surface area (Å²) in [4.78, 5) is 10.8. The summed E-state index contributed by atoms with van der Waals surface area (Å²) in [5, 5.41) is 8.90. The van der Waals surface area contributed by atoms with Gasteiger partial charge in [0.2, 0.25) is 11.0 Å². The summed E-state index contributed by atoms with van der Waals surface area (Å²) in [6.07, 6.45) is 0. The van der Waals surface area contributed by atoms with E-state index in [0.29, 0.717) is 0 Å². The Balaban J connectivity index is 2.58. The molecule has 1 aromatic heterocycles. The summed E-state index contributed by atoms with van der Waals surface area (Å²) in [5.74, 6) is -0.807. The van der Waals surface area contributed by atoms with Crippen molar-refractivity contribution in [2.75, 3.05) is 0 Å². The van der Waals surface area contributed by atoms with Crippen molar-refractivity contribution in [3.05, 3.63) is 29.8 Å². The van der Waals surface area contributed by atoms with Crippen molar-refractivity contribution in [3.8, 4) is 0 Å². The molecule has 1 N–H and O–H groups in total. The van der Waals surface area contributed by atoms with Crippen LogP contribution in [-0.4, -0.2) is 11.1 Å². The van der Waals surface area contributed by atoms with Gasteiger partial charge in [-0.05, 0) is 6.07 Å². The summed E-state index contributed by atoms with van der Waals surface area (Å²) in [7, 11) is 0. The first-order valence-corrected chi connectivity index (χ1v) is 5.18. The lowest BCUT2D eigenvalue weighted by atomic mass is 10.3. The van der Waals surface area contributed by atoms with Crippen molar-refractivity contribution in [1.29, 1.82) is 0 Å². The number of para-hydroxylation sites is 1. The van der Waals surface area contributed by atoms with Gasteiger partial charge < -0.3 is 5.11 Å². The van der Waals surface area contributed by atoms with Crippen LogP contribution in [0.15, 0.2) is 29.8 Å². The van der Waals surface area contributed by atoms with Gasteiger partial charge >= 0.3 is 5.97 Å². The maximum atomic E-state index is 10.8. The van der Waals surface area contributed by atoms with Gasteiger partial charge in [0, 0.05) is 13.0 Å². The van der Waals surface area contributed by atoms with Gasteiger partial charge in [0.1, 0.15) is 4.70 Å². The first kappa shape index (κ1) is 9.15. The Morgan fingerprint density at radius 2 is 2.21 bits per heavy atom. The zero-order valence-corrected chi connectivity index (χ0v) is 8.49. The van der Waals surface area contributed by atoms with Crippen molar-refractivity contribution in [3.63, 3.8) is 0 Å². The average molecular weight is 208 g/mol. The predicted octanol–water partition coefficient (Wildman–Crippen LogP) is 1.83. The lowest BCUT2D eigenvalue weighted by Crippen LogP contribution is -2.40. The molecule has 3 nitrogen and oxygen atoms in total. The number of carboxylic acids is 1. The topological polar surface area (TPSA) is 41.2 Å². The normalized spacial score (nSPS) is 12.9. The molecule has 0 spiro atoms. The number of carbonyl (C=O) groups is 1. The molecule has 14 heavy (non-hydrogen) atoms. The van der Waals surface area contributed by atoms with Crippen LogP contribution in [0, 0.1) is 0 Å². The van der Waals surface area contributed by atoms with E-state index in [0.717, 1.165) is 10.2 Å². The quantitative estimate of drug-likeness (QED) is 0.765. The summed E-state index contributed by atoms with van der Waals surface area (Å²) in [6, 6.07) is 7.29. The van der Waals surface area contributed by atoms with Crippen molar-refractivity contribution >= 4 is 27.5 Å². The van der Waals surface area contributed by atoms with Gasteiger partial charge in [0.05, 0.1) is 0 Å². The molecule has 1 atom stereocenters. The number of thiazole rings is 1. The van der Waals surface area contributed by atoms with Gasteiger partial charge in [-0.2, -0.15) is 4.57 Å². The van der Waals surface area contributed by atoms with Crippen molar-refractivity contribution in [1.82, 2.24) is 0 Å². The van der Waals surface area contributed by atoms with Crippen LogP contribution in [0.2, 0.25) is 0 Å². The van der Waals surface area contributed by atoms with Crippen molar-refractivity contribution < 1.29 is 14.5 Å². The number of benzene rings is 1. The van der Waals surface area contributed by atoms with Crippen LogP contribution in [0.3, 0.4) is 0 Å². The summed E-state index contributed by atoms with van der Waals surface area (Å²) in [5.41, 5.74) is 2.83. The first-order chi connectivity index (χ1) is 6.70. The van der Waals surface area contributed by atoms with E-state index in [9.17, 15) is 4.79 Å². The van der Waals surface area contributed by atoms with E-state index < -0.39 is 12.0 Å². The Morgan fingerprint density at radius 3 is 2.93 bits per heavy atom. The Labute approximate surface area is 85.2 Å². The van der Waals surface area contributed by atoms with E-state index in [-0.39, 0.29) is 0 Å². The molecule has 0 fully saturated rings. The fraction of sp³-hybridized carbons (Fsp3) is 0.200. The maximum Gasteiger partial charge on any atom is 0.373 e. The molecule has 4 heteroatoms. The number of hydrogen-bond acceptors (Lipinski definition) is 2. The Kier molecular flexibility index (Phi) is 2.21. The van der Waals surface area contributed by atoms with Crippen LogP contribution in [0.4, 0.5) is 0 Å². The fourth-order valence-electron chi connectivity index (χ4n) is 1.36. The maximum absolute atomic E-state index is 10.8. The molecule has 0 aliphatic heterocycles. The zero-order chi connectivity index (χ0) is 10.1. The Morgan fingerprint density at radius 1 is 1.50 bits per heavy atom. The zero-order valence-electron chi connectivity index (χ0n) is 7.68. The van der Waals surface area contributed by atoms with Crippen molar-refractivity contribution in [2.45, 2.75) is 13.0 Å². The van der Waals surface area contributed by atoms with Crippen molar-refractivity contribution in [2.24, 2.45) is 0 Å². The summed E-state index contributed by atoms with van der Waals surface area (Å²) in [6.45, 7) is 1.68. The molecular formula is C10H10NO2S+. The molecule has 0 aliphatic rings. The van der Waals surface area contributed by atoms with E-state index in [1.54, 1.807) is 22.8 Å². The van der Waals surface area contributed by atoms with Gasteiger partial charge in [0.15, 0.2) is 0 Å². The summed E-state index contributed by atoms with van der Waals surface area (Å²) < 4.78 is 2.89. The highest BCUT2D eigenvalue weighted by molar-refractivity contribution is 7.16. The van der Waals surface area contributed by atoms with Crippen LogP contribution in [0.5, 0.6) is 0 Å². The molecule has 0 amide bonds. The lowest BCUT2D eigenvalue weighted by Gasteiger charge is -1.98. The first-order valence-electron chi connectivity index (χ1n) is 4.30. The minimum absolute atomic E-state index is 0.508. The van der Waals surface area contributed by atoms with Crippen LogP contribution in [0.1, 0.15) is 13.0 Å². The lowest BCUT2D eigenvalue weighted by molar-refractivity contribution is -0.678. The largest absolute Gasteiger partial charge is 0.476 e. The number of fused-ring (bicyclic) bond motifs is 1. The third-order valence-corrected chi connectivity index (χ3v) is 3.14. The highest BCUT2D eigenvalue weighted by Gasteiger charge is 2.24. The fourth-order valence-corrected chi connectivity index (χ4v) is 2.33. The van der Waals surface area contributed by atoms with Crippen LogP contribution < -0.4 is 4.57 Å². The molecule has 1 aromatic carbocycles. The molecule has 72 valence electrons. The molecule has 0 aliphatic carbocycles. The molecule has 0 saturated heterocycles. The molecular weight excluding hydrogens is 198 g/mol. The van der Waals surface area contributed by atoms with Gasteiger partial charge in [-0.15, -0.1) is 0 Å². The molecule has 2 rings (SSSR count). The minimum Gasteiger partial charge on any atom is -0.476 e. The highest BCUT2D eigenvalue weighted by Crippen LogP contribution is 2.16. The number of rotatable bonds is 2. The molecule has 0 radical (unpaired) electrons. The van der Waals surface area contributed by atoms with Crippen LogP contribution in [-0.2, 0) is 4.79 Å². The van der Waals surface area contributed by atoms with Gasteiger partial charge in [-0.25, -0.2) is 4.79 Å². The van der Waals surface area contributed by atoms with Crippen LogP contribution in [0.25, 0.3) is 10.2 Å². The Hall–Kier alpha value is -1.42. The molecule has 0 bridgehead atoms. The minimum atomic E-state index is -0.807. The van der Waals surface area contributed by atoms with Gasteiger partial charge in [-0.3, -0.25) is 0 Å². The predicted molar refractivity (Wildman–Crippen MR) is 54.4 cm³/mol. The summed E-state index contributed by atoms with van der Waals surface area (Å²) >= 11 is 1.56. The third-order valence-electron chi connectivity index (χ3n) is 2.21. The van der Waals surface area contributed by atoms with Gasteiger partial charge in [0.25, 0.3) is 6.04 Å². The SMILES string of the molecule is CC(C(=O)O)[n+]1csc2ccccc21. The molecule has 2 aromatic rings. The number of aliphatic carboxylic acids is 1. The molecule has 1 unspecified atom stereocenters. The second-order valence-corrected chi connectivity index (χ2v) is 4.00. The van der Waals surface area contributed by atoms with Gasteiger partial charge in [-0.1, -0.05) is 23.5 Å². The average Bonchev–Trinajstić information content (AvgIpc) is 2.60. The van der Waals surface area contributed by atoms with E-state index in [2.05, 4.69) is 0 Å². The van der Waals surface area contributed by atoms with E-state index >= 15 is 0 Å². The number of carboxylic acid groups (broad SMARTS) is 1. The Bertz CT molecular complexity index is 478. The van der Waals surface area contributed by atoms with E-state index in [1.807, 2.05) is 29.8 Å².